The second-order valence-corrected chi connectivity index (χ2v) is 9.37. The Hall–Kier alpha value is 0.474. The molecule has 0 aliphatic carbocycles. The zero-order chi connectivity index (χ0) is 15.5. The molecule has 6 nitrogen and oxygen atoms in total. The van der Waals surface area contributed by atoms with Gasteiger partial charge in [0.15, 0.2) is 0 Å². The molecule has 0 heterocycles. The van der Waals surface area contributed by atoms with Gasteiger partial charge in [0.2, 0.25) is 0 Å². The van der Waals surface area contributed by atoms with Gasteiger partial charge in [0.05, 0.1) is 0 Å². The molecule has 0 amide bonds. The molecular formula is C13H31NO5Ti. The summed E-state index contributed by atoms with van der Waals surface area (Å²) < 4.78 is 17.5. The number of hydrogen-bond donors (Lipinski definition) is 3. The van der Waals surface area contributed by atoms with Crippen molar-refractivity contribution in [3.63, 3.8) is 0 Å². The van der Waals surface area contributed by atoms with Crippen LogP contribution in [0.1, 0.15) is 40.0 Å². The molecule has 122 valence electrons. The third-order valence-electron chi connectivity index (χ3n) is 3.46. The van der Waals surface area contributed by atoms with Gasteiger partial charge < -0.3 is 0 Å². The Labute approximate surface area is 127 Å². The van der Waals surface area contributed by atoms with Gasteiger partial charge in [-0.3, -0.25) is 0 Å². The topological polar surface area (TPSA) is 94.2 Å². The summed E-state index contributed by atoms with van der Waals surface area (Å²) in [5.74, 6) is 0. The standard InChI is InChI=1S/C7H16NO2.3C2H5O.Ti/c8-4-1-7(2-5-9)3-6-10;3*1-2-3;/h9-10H,1-6,8H2;3*2H2,1H3;/q;3*-1;+3. The van der Waals surface area contributed by atoms with Crippen molar-refractivity contribution in [2.24, 2.45) is 5.73 Å². The van der Waals surface area contributed by atoms with E-state index in [0.29, 0.717) is 45.6 Å². The molecule has 20 heavy (non-hydrogen) atoms. The van der Waals surface area contributed by atoms with Crippen molar-refractivity contribution in [2.45, 2.75) is 43.8 Å². The first kappa shape index (κ1) is 20.5. The summed E-state index contributed by atoms with van der Waals surface area (Å²) in [6.07, 6.45) is 1.57. The minimum atomic E-state index is -3.65. The zero-order valence-corrected chi connectivity index (χ0v) is 14.6. The van der Waals surface area contributed by atoms with Crippen LogP contribution in [0.25, 0.3) is 0 Å². The van der Waals surface area contributed by atoms with Crippen LogP contribution in [0, 0.1) is 0 Å². The van der Waals surface area contributed by atoms with Crippen LogP contribution >= 0.6 is 0 Å². The number of nitrogens with two attached hydrogens (primary N) is 1. The predicted octanol–water partition coefficient (Wildman–Crippen LogP) is 1.27. The van der Waals surface area contributed by atoms with Crippen molar-refractivity contribution in [1.82, 2.24) is 0 Å². The van der Waals surface area contributed by atoms with Crippen LogP contribution in [0.3, 0.4) is 0 Å². The number of aliphatic hydroxyl groups is 2. The van der Waals surface area contributed by atoms with E-state index in [0.717, 1.165) is 0 Å². The molecule has 7 heteroatoms. The molecule has 0 atom stereocenters. The van der Waals surface area contributed by atoms with E-state index in [9.17, 15) is 10.2 Å². The SMILES string of the molecule is CC[O][Ti]([O]CC)([O]CC)[C](CCN)(CCO)CCO. The van der Waals surface area contributed by atoms with Gasteiger partial charge in [0, 0.05) is 0 Å². The van der Waals surface area contributed by atoms with E-state index in [2.05, 4.69) is 0 Å². The Balaban J connectivity index is 5.62. The van der Waals surface area contributed by atoms with E-state index < -0.39 is 21.5 Å². The van der Waals surface area contributed by atoms with Gasteiger partial charge in [-0.25, -0.2) is 0 Å². The Bertz CT molecular complexity index is 185. The molecule has 0 aromatic heterocycles. The van der Waals surface area contributed by atoms with Crippen molar-refractivity contribution < 1.29 is 37.9 Å². The molecule has 0 saturated heterocycles. The molecule has 0 spiro atoms. The summed E-state index contributed by atoms with van der Waals surface area (Å²) in [4.78, 5) is 0. The summed E-state index contributed by atoms with van der Waals surface area (Å²) in [6, 6.07) is 0. The maximum absolute atomic E-state index is 9.46. The number of hydrogen-bond acceptors (Lipinski definition) is 6. The predicted molar refractivity (Wildman–Crippen MR) is 74.6 cm³/mol. The van der Waals surface area contributed by atoms with E-state index in [1.807, 2.05) is 20.8 Å². The number of aliphatic hydroxyl groups excluding tert-OH is 2. The fraction of sp³-hybridized carbons (Fsp3) is 1.00. The van der Waals surface area contributed by atoms with E-state index in [-0.39, 0.29) is 13.2 Å². The first-order valence-corrected chi connectivity index (χ1v) is 10.1. The van der Waals surface area contributed by atoms with Crippen LogP contribution in [0.4, 0.5) is 0 Å². The molecule has 0 bridgehead atoms. The van der Waals surface area contributed by atoms with Crippen LogP contribution in [0.5, 0.6) is 0 Å². The first-order chi connectivity index (χ1) is 9.61. The molecule has 0 aromatic rings. The van der Waals surface area contributed by atoms with Gasteiger partial charge in [-0.2, -0.15) is 0 Å². The van der Waals surface area contributed by atoms with Crippen molar-refractivity contribution in [1.29, 1.82) is 0 Å². The molecule has 0 aliphatic heterocycles. The summed E-state index contributed by atoms with van der Waals surface area (Å²) in [5, 5.41) is 18.9. The van der Waals surface area contributed by atoms with E-state index in [4.69, 9.17) is 15.7 Å². The minimum absolute atomic E-state index is 0.000221. The second-order valence-electron chi connectivity index (χ2n) is 4.62. The van der Waals surface area contributed by atoms with Gasteiger partial charge in [0.1, 0.15) is 0 Å². The van der Waals surface area contributed by atoms with E-state index in [1.54, 1.807) is 0 Å². The van der Waals surface area contributed by atoms with E-state index in [1.165, 1.54) is 0 Å². The normalized spacial score (nSPS) is 12.9. The Kier molecular flexibility index (Phi) is 11.4. The van der Waals surface area contributed by atoms with Crippen LogP contribution in [-0.4, -0.2) is 49.8 Å². The molecule has 0 unspecified atom stereocenters. The Morgan fingerprint density at radius 2 is 1.25 bits per heavy atom. The second kappa shape index (κ2) is 11.1. The molecule has 0 saturated carbocycles. The Morgan fingerprint density at radius 3 is 1.50 bits per heavy atom. The molecule has 0 aromatic carbocycles. The van der Waals surface area contributed by atoms with Crippen LogP contribution < -0.4 is 5.73 Å². The fourth-order valence-corrected chi connectivity index (χ4v) is 8.31. The third kappa shape index (κ3) is 5.03. The van der Waals surface area contributed by atoms with Crippen LogP contribution in [0.15, 0.2) is 0 Å². The molecule has 4 N–H and O–H groups in total. The van der Waals surface area contributed by atoms with Gasteiger partial charge in [-0.15, -0.1) is 0 Å². The molecule has 0 fully saturated rings. The molecule has 0 rings (SSSR count). The van der Waals surface area contributed by atoms with E-state index >= 15 is 0 Å². The molecule has 0 aliphatic rings. The summed E-state index contributed by atoms with van der Waals surface area (Å²) in [6.45, 7) is 7.63. The Morgan fingerprint density at radius 1 is 0.850 bits per heavy atom. The average molecular weight is 329 g/mol. The van der Waals surface area contributed by atoms with Gasteiger partial charge in [0.25, 0.3) is 0 Å². The third-order valence-corrected chi connectivity index (χ3v) is 9.79. The van der Waals surface area contributed by atoms with Crippen LogP contribution in [-0.2, 0) is 27.7 Å². The monoisotopic (exact) mass is 329 g/mol. The van der Waals surface area contributed by atoms with Gasteiger partial charge in [-0.1, -0.05) is 0 Å². The van der Waals surface area contributed by atoms with Crippen molar-refractivity contribution in [3.05, 3.63) is 0 Å². The number of rotatable bonds is 13. The van der Waals surface area contributed by atoms with Crippen LogP contribution in [0.2, 0.25) is 3.72 Å². The van der Waals surface area contributed by atoms with Crippen molar-refractivity contribution >= 4 is 0 Å². The summed E-state index contributed by atoms with van der Waals surface area (Å²) in [7, 11) is 0. The average Bonchev–Trinajstić information content (AvgIpc) is 2.40. The maximum atomic E-state index is 9.46. The summed E-state index contributed by atoms with van der Waals surface area (Å²) in [5.41, 5.74) is 5.76. The fourth-order valence-electron chi connectivity index (χ4n) is 2.69. The zero-order valence-electron chi connectivity index (χ0n) is 13.1. The quantitative estimate of drug-likeness (QED) is 0.441. The van der Waals surface area contributed by atoms with Gasteiger partial charge in [-0.05, 0) is 0 Å². The van der Waals surface area contributed by atoms with Crippen molar-refractivity contribution in [2.75, 3.05) is 39.6 Å². The van der Waals surface area contributed by atoms with Gasteiger partial charge >= 0.3 is 127 Å². The first-order valence-electron chi connectivity index (χ1n) is 7.45. The molecular weight excluding hydrogens is 298 g/mol. The molecule has 0 radical (unpaired) electrons. The summed E-state index contributed by atoms with van der Waals surface area (Å²) >= 11 is -3.65. The van der Waals surface area contributed by atoms with Crippen molar-refractivity contribution in [3.8, 4) is 0 Å².